The van der Waals surface area contributed by atoms with E-state index in [9.17, 15) is 4.79 Å². The number of carbonyl (C=O) groups is 1. The zero-order valence-electron chi connectivity index (χ0n) is 10.7. The molecule has 1 heterocycles. The number of amides is 1. The molecule has 0 aliphatic carbocycles. The summed E-state index contributed by atoms with van der Waals surface area (Å²) in [6.45, 7) is 0.522. The van der Waals surface area contributed by atoms with E-state index >= 15 is 0 Å². The topological polar surface area (TPSA) is 42.0 Å². The molecule has 0 aliphatic rings. The predicted molar refractivity (Wildman–Crippen MR) is 78.2 cm³/mol. The number of pyridine rings is 1. The number of carbonyl (C=O) groups excluding carboxylic acids is 1. The van der Waals surface area contributed by atoms with Crippen LogP contribution in [0.4, 0.5) is 0 Å². The lowest BCUT2D eigenvalue weighted by molar-refractivity contribution is -0.121. The van der Waals surface area contributed by atoms with Gasteiger partial charge in [0.15, 0.2) is 0 Å². The number of fused-ring (bicyclic) bond motifs is 1. The maximum atomic E-state index is 11.7. The fraction of sp³-hybridized carbons (Fsp3) is 0.333. The molecule has 0 saturated heterocycles. The second-order valence-electron chi connectivity index (χ2n) is 4.42. The summed E-state index contributed by atoms with van der Waals surface area (Å²) < 4.78 is 0. The fourth-order valence-electron chi connectivity index (χ4n) is 1.97. The van der Waals surface area contributed by atoms with Crippen LogP contribution in [0.3, 0.4) is 0 Å². The molecule has 0 unspecified atom stereocenters. The highest BCUT2D eigenvalue weighted by Gasteiger charge is 2.04. The summed E-state index contributed by atoms with van der Waals surface area (Å²) in [6.07, 6.45) is 4.02. The second kappa shape index (κ2) is 7.10. The smallest absolute Gasteiger partial charge is 0.220 e. The molecule has 2 rings (SSSR count). The molecule has 0 aliphatic heterocycles. The fourth-order valence-corrected chi connectivity index (χ4v) is 2.16. The van der Waals surface area contributed by atoms with Gasteiger partial charge in [0.1, 0.15) is 0 Å². The summed E-state index contributed by atoms with van der Waals surface area (Å²) in [4.78, 5) is 16.0. The third-order valence-corrected chi connectivity index (χ3v) is 3.25. The van der Waals surface area contributed by atoms with Gasteiger partial charge in [-0.1, -0.05) is 24.3 Å². The minimum absolute atomic E-state index is 0.0676. The Balaban J connectivity index is 1.96. The van der Waals surface area contributed by atoms with E-state index in [1.54, 1.807) is 6.20 Å². The summed E-state index contributed by atoms with van der Waals surface area (Å²) in [5.41, 5.74) is 2.00. The molecule has 19 heavy (non-hydrogen) atoms. The molecule has 4 heteroatoms. The van der Waals surface area contributed by atoms with Crippen LogP contribution in [0.25, 0.3) is 10.9 Å². The number of unbranched alkanes of at least 4 members (excludes halogenated alkanes) is 1. The van der Waals surface area contributed by atoms with Gasteiger partial charge in [0.05, 0.1) is 5.52 Å². The van der Waals surface area contributed by atoms with Gasteiger partial charge in [-0.25, -0.2) is 0 Å². The number of hydrogen-bond acceptors (Lipinski definition) is 2. The first-order valence-electron chi connectivity index (χ1n) is 6.46. The zero-order chi connectivity index (χ0) is 13.5. The van der Waals surface area contributed by atoms with Crippen molar-refractivity contribution in [3.8, 4) is 0 Å². The lowest BCUT2D eigenvalue weighted by Crippen LogP contribution is -2.22. The van der Waals surface area contributed by atoms with Gasteiger partial charge in [-0.2, -0.15) is 0 Å². The average molecular weight is 277 g/mol. The normalized spacial score (nSPS) is 10.6. The van der Waals surface area contributed by atoms with Gasteiger partial charge in [-0.15, -0.1) is 11.6 Å². The largest absolute Gasteiger partial charge is 0.352 e. The maximum Gasteiger partial charge on any atom is 0.220 e. The van der Waals surface area contributed by atoms with E-state index in [4.69, 9.17) is 11.6 Å². The highest BCUT2D eigenvalue weighted by molar-refractivity contribution is 6.17. The Bertz CT molecular complexity index is 551. The number of nitrogens with one attached hydrogen (secondary N) is 1. The van der Waals surface area contributed by atoms with E-state index in [0.717, 1.165) is 29.3 Å². The zero-order valence-corrected chi connectivity index (χ0v) is 11.5. The third kappa shape index (κ3) is 3.93. The van der Waals surface area contributed by atoms with Gasteiger partial charge in [-0.3, -0.25) is 9.78 Å². The second-order valence-corrected chi connectivity index (χ2v) is 4.79. The van der Waals surface area contributed by atoms with Gasteiger partial charge >= 0.3 is 0 Å². The number of para-hydroxylation sites is 1. The van der Waals surface area contributed by atoms with Crippen molar-refractivity contribution >= 4 is 28.4 Å². The molecule has 0 atom stereocenters. The Morgan fingerprint density at radius 3 is 2.89 bits per heavy atom. The molecule has 100 valence electrons. The maximum absolute atomic E-state index is 11.7. The molecule has 0 fully saturated rings. The van der Waals surface area contributed by atoms with Crippen molar-refractivity contribution in [2.24, 2.45) is 0 Å². The van der Waals surface area contributed by atoms with E-state index in [1.807, 2.05) is 30.3 Å². The molecule has 2 aromatic rings. The minimum atomic E-state index is 0.0676. The number of rotatable bonds is 6. The van der Waals surface area contributed by atoms with Gasteiger partial charge in [0.25, 0.3) is 0 Å². The summed E-state index contributed by atoms with van der Waals surface area (Å²) in [7, 11) is 0. The van der Waals surface area contributed by atoms with Crippen LogP contribution in [0, 0.1) is 0 Å². The third-order valence-electron chi connectivity index (χ3n) is 2.98. The van der Waals surface area contributed by atoms with Crippen molar-refractivity contribution in [2.75, 3.05) is 5.88 Å². The van der Waals surface area contributed by atoms with Crippen LogP contribution in [0.2, 0.25) is 0 Å². The number of nitrogens with zero attached hydrogens (tertiary/aromatic N) is 1. The molecular weight excluding hydrogens is 260 g/mol. The number of hydrogen-bond donors (Lipinski definition) is 1. The molecule has 1 aromatic carbocycles. The molecule has 1 aromatic heterocycles. The van der Waals surface area contributed by atoms with E-state index in [-0.39, 0.29) is 5.91 Å². The first kappa shape index (κ1) is 13.8. The first-order chi connectivity index (χ1) is 9.31. The monoisotopic (exact) mass is 276 g/mol. The first-order valence-corrected chi connectivity index (χ1v) is 7.00. The lowest BCUT2D eigenvalue weighted by atomic mass is 10.1. The van der Waals surface area contributed by atoms with Crippen LogP contribution in [-0.2, 0) is 11.3 Å². The van der Waals surface area contributed by atoms with E-state index in [1.165, 1.54) is 0 Å². The van der Waals surface area contributed by atoms with E-state index < -0.39 is 0 Å². The minimum Gasteiger partial charge on any atom is -0.352 e. The van der Waals surface area contributed by atoms with Crippen LogP contribution in [0.5, 0.6) is 0 Å². The Kier molecular flexibility index (Phi) is 5.16. The number of alkyl halides is 1. The van der Waals surface area contributed by atoms with Gasteiger partial charge in [-0.05, 0) is 24.5 Å². The van der Waals surface area contributed by atoms with Crippen LogP contribution in [0.1, 0.15) is 24.8 Å². The Hall–Kier alpha value is -1.61. The van der Waals surface area contributed by atoms with Crippen LogP contribution >= 0.6 is 11.6 Å². The summed E-state index contributed by atoms with van der Waals surface area (Å²) in [6, 6.07) is 9.94. The predicted octanol–water partition coefficient (Wildman–Crippen LogP) is 3.26. The van der Waals surface area contributed by atoms with Crippen molar-refractivity contribution in [3.63, 3.8) is 0 Å². The summed E-state index contributed by atoms with van der Waals surface area (Å²) >= 11 is 5.58. The molecule has 0 radical (unpaired) electrons. The molecule has 1 amide bonds. The molecule has 3 nitrogen and oxygen atoms in total. The summed E-state index contributed by atoms with van der Waals surface area (Å²) in [5.74, 6) is 0.679. The quantitative estimate of drug-likeness (QED) is 0.650. The Morgan fingerprint density at radius 2 is 2.05 bits per heavy atom. The van der Waals surface area contributed by atoms with Gasteiger partial charge in [0.2, 0.25) is 5.91 Å². The Labute approximate surface area is 118 Å². The van der Waals surface area contributed by atoms with Crippen LogP contribution in [0.15, 0.2) is 36.5 Å². The van der Waals surface area contributed by atoms with Crippen molar-refractivity contribution in [3.05, 3.63) is 42.1 Å². The number of halogens is 1. The Morgan fingerprint density at radius 1 is 1.21 bits per heavy atom. The number of aromatic nitrogens is 1. The SMILES string of the molecule is O=C(CCCCCl)NCc1cccc2cccnc12. The molecule has 0 bridgehead atoms. The highest BCUT2D eigenvalue weighted by atomic mass is 35.5. The molecule has 0 spiro atoms. The van der Waals surface area contributed by atoms with Crippen molar-refractivity contribution in [2.45, 2.75) is 25.8 Å². The molecule has 0 saturated carbocycles. The summed E-state index contributed by atoms with van der Waals surface area (Å²) in [5, 5.41) is 4.02. The van der Waals surface area contributed by atoms with Crippen LogP contribution < -0.4 is 5.32 Å². The molecular formula is C15H17ClN2O. The van der Waals surface area contributed by atoms with Crippen molar-refractivity contribution in [1.29, 1.82) is 0 Å². The van der Waals surface area contributed by atoms with Gasteiger partial charge < -0.3 is 5.32 Å². The van der Waals surface area contributed by atoms with Crippen molar-refractivity contribution in [1.82, 2.24) is 10.3 Å². The highest BCUT2D eigenvalue weighted by Crippen LogP contribution is 2.15. The van der Waals surface area contributed by atoms with E-state index in [2.05, 4.69) is 10.3 Å². The average Bonchev–Trinajstić information content (AvgIpc) is 2.45. The number of benzene rings is 1. The lowest BCUT2D eigenvalue weighted by Gasteiger charge is -2.07. The van der Waals surface area contributed by atoms with E-state index in [0.29, 0.717) is 18.8 Å². The van der Waals surface area contributed by atoms with Gasteiger partial charge in [0, 0.05) is 30.4 Å². The van der Waals surface area contributed by atoms with Crippen LogP contribution in [-0.4, -0.2) is 16.8 Å². The van der Waals surface area contributed by atoms with Crippen molar-refractivity contribution < 1.29 is 4.79 Å². The standard InChI is InChI=1S/C15H17ClN2O/c16-9-2-1-8-14(19)18-11-13-6-3-5-12-7-4-10-17-15(12)13/h3-7,10H,1-2,8-9,11H2,(H,18,19). The molecule has 1 N–H and O–H groups in total.